The minimum Gasteiger partial charge on any atom is -0.310 e. The van der Waals surface area contributed by atoms with E-state index in [4.69, 9.17) is 0 Å². The van der Waals surface area contributed by atoms with Crippen molar-refractivity contribution < 1.29 is 0 Å². The highest BCUT2D eigenvalue weighted by Gasteiger charge is 2.26. The molecule has 10 aromatic carbocycles. The van der Waals surface area contributed by atoms with Gasteiger partial charge in [-0.1, -0.05) is 152 Å². The van der Waals surface area contributed by atoms with Crippen LogP contribution in [0.2, 0.25) is 0 Å². The van der Waals surface area contributed by atoms with Crippen molar-refractivity contribution in [2.45, 2.75) is 6.42 Å². The third-order valence-electron chi connectivity index (χ3n) is 11.6. The highest BCUT2D eigenvalue weighted by Crippen LogP contribution is 2.48. The summed E-state index contributed by atoms with van der Waals surface area (Å²) in [6, 6.07) is 79.8. The molecule has 0 saturated heterocycles. The van der Waals surface area contributed by atoms with Gasteiger partial charge in [-0.3, -0.25) is 0 Å². The van der Waals surface area contributed by atoms with Crippen LogP contribution < -0.4 is 9.80 Å². The van der Waals surface area contributed by atoms with Gasteiger partial charge in [0.05, 0.1) is 5.69 Å². The summed E-state index contributed by atoms with van der Waals surface area (Å²) >= 11 is 0. The lowest BCUT2D eigenvalue weighted by Crippen LogP contribution is -2.19. The van der Waals surface area contributed by atoms with Gasteiger partial charge < -0.3 is 9.80 Å². The summed E-state index contributed by atoms with van der Waals surface area (Å²) in [6.45, 7) is 0. The Balaban J connectivity index is 1.01. The predicted octanol–water partition coefficient (Wildman–Crippen LogP) is 15.3. The summed E-state index contributed by atoms with van der Waals surface area (Å²) in [5.41, 5.74) is 14.6. The van der Waals surface area contributed by atoms with Gasteiger partial charge in [-0.2, -0.15) is 0 Å². The smallest absolute Gasteiger partial charge is 0.0540 e. The van der Waals surface area contributed by atoms with Crippen molar-refractivity contribution in [2.24, 2.45) is 0 Å². The number of hydrogen-bond acceptors (Lipinski definition) is 2. The van der Waals surface area contributed by atoms with E-state index in [1.54, 1.807) is 0 Å². The second-order valence-electron chi connectivity index (χ2n) is 15.0. The molecular weight excluding hydrogens is 689 g/mol. The quantitative estimate of drug-likeness (QED) is 0.168. The average molecular weight is 727 g/mol. The van der Waals surface area contributed by atoms with Crippen molar-refractivity contribution >= 4 is 66.4 Å². The van der Waals surface area contributed by atoms with Gasteiger partial charge in [0.2, 0.25) is 0 Å². The Hall–Kier alpha value is -7.42. The van der Waals surface area contributed by atoms with Crippen LogP contribution in [0.4, 0.5) is 34.1 Å². The first-order valence-corrected chi connectivity index (χ1v) is 19.7. The van der Waals surface area contributed by atoms with Crippen LogP contribution in [-0.4, -0.2) is 0 Å². The monoisotopic (exact) mass is 726 g/mol. The summed E-state index contributed by atoms with van der Waals surface area (Å²) in [6.07, 6.45) is 0.847. The fraction of sp³-hybridized carbons (Fsp3) is 0.0182. The van der Waals surface area contributed by atoms with Crippen LogP contribution in [0.1, 0.15) is 11.1 Å². The molecule has 0 amide bonds. The predicted molar refractivity (Wildman–Crippen MR) is 242 cm³/mol. The molecule has 0 atom stereocenters. The average Bonchev–Trinajstić information content (AvgIpc) is 3.28. The first kappa shape index (κ1) is 33.0. The third-order valence-corrected chi connectivity index (χ3v) is 11.6. The highest BCUT2D eigenvalue weighted by atomic mass is 15.2. The standard InChI is InChI=1S/C55H38N2/c1-2-18-47(19-3-1)56(49-31-26-38-12-4-5-15-42(38)37-49)48-29-24-39(25-30-48)43-27-32-53-45(34-43)36-46-35-44(51-22-10-16-40-13-6-8-20-50(40)51)28-33-54(46)57(53)55-23-11-17-41-14-7-9-21-52(41)55/h1-35,37H,36H2. The highest BCUT2D eigenvalue weighted by molar-refractivity contribution is 6.02. The van der Waals surface area contributed by atoms with Gasteiger partial charge in [-0.15, -0.1) is 0 Å². The lowest BCUT2D eigenvalue weighted by molar-refractivity contribution is 1.09. The van der Waals surface area contributed by atoms with E-state index in [0.717, 1.165) is 23.5 Å². The minimum absolute atomic E-state index is 0.847. The van der Waals surface area contributed by atoms with Gasteiger partial charge in [-0.25, -0.2) is 0 Å². The molecule has 2 nitrogen and oxygen atoms in total. The molecule has 1 aliphatic heterocycles. The molecule has 268 valence electrons. The lowest BCUT2D eigenvalue weighted by atomic mass is 9.89. The first-order valence-electron chi connectivity index (χ1n) is 19.7. The van der Waals surface area contributed by atoms with Gasteiger partial charge in [0.1, 0.15) is 0 Å². The number of nitrogens with zero attached hydrogens (tertiary/aromatic N) is 2. The SMILES string of the molecule is c1ccc(N(c2ccc(-c3ccc4c(c3)Cc3cc(-c5cccc6ccccc56)ccc3N4c3cccc4ccccc34)cc2)c2ccc3ccccc3c2)cc1. The summed E-state index contributed by atoms with van der Waals surface area (Å²) in [5, 5.41) is 7.48. The number of rotatable bonds is 6. The lowest BCUT2D eigenvalue weighted by Gasteiger charge is -2.35. The van der Waals surface area contributed by atoms with Crippen molar-refractivity contribution in [1.29, 1.82) is 0 Å². The number of para-hydroxylation sites is 1. The second-order valence-corrected chi connectivity index (χ2v) is 15.0. The molecule has 2 heteroatoms. The van der Waals surface area contributed by atoms with E-state index in [0.29, 0.717) is 0 Å². The van der Waals surface area contributed by atoms with E-state index in [1.807, 2.05) is 0 Å². The molecule has 0 saturated carbocycles. The molecule has 10 aromatic rings. The van der Waals surface area contributed by atoms with Crippen molar-refractivity contribution in [3.8, 4) is 22.3 Å². The minimum atomic E-state index is 0.847. The number of benzene rings is 10. The van der Waals surface area contributed by atoms with Crippen LogP contribution in [0.25, 0.3) is 54.6 Å². The number of fused-ring (bicyclic) bond motifs is 5. The molecule has 0 aliphatic carbocycles. The Labute approximate surface area is 333 Å². The Bertz CT molecular complexity index is 3100. The molecule has 0 aromatic heterocycles. The molecule has 57 heavy (non-hydrogen) atoms. The van der Waals surface area contributed by atoms with Gasteiger partial charge in [0.15, 0.2) is 0 Å². The van der Waals surface area contributed by atoms with Crippen LogP contribution in [0.5, 0.6) is 0 Å². The van der Waals surface area contributed by atoms with Crippen LogP contribution >= 0.6 is 0 Å². The van der Waals surface area contributed by atoms with Crippen molar-refractivity contribution in [1.82, 2.24) is 0 Å². The molecule has 0 N–H and O–H groups in total. The molecule has 1 aliphatic rings. The van der Waals surface area contributed by atoms with Crippen molar-refractivity contribution in [2.75, 3.05) is 9.80 Å². The maximum Gasteiger partial charge on any atom is 0.0540 e. The Kier molecular flexibility index (Phi) is 7.93. The summed E-state index contributed by atoms with van der Waals surface area (Å²) in [4.78, 5) is 4.83. The van der Waals surface area contributed by atoms with E-state index in [-0.39, 0.29) is 0 Å². The van der Waals surface area contributed by atoms with E-state index in [1.165, 1.54) is 82.8 Å². The van der Waals surface area contributed by atoms with Gasteiger partial charge >= 0.3 is 0 Å². The summed E-state index contributed by atoms with van der Waals surface area (Å²) in [7, 11) is 0. The third kappa shape index (κ3) is 5.82. The normalized spacial score (nSPS) is 12.1. The fourth-order valence-corrected chi connectivity index (χ4v) is 8.86. The molecule has 0 radical (unpaired) electrons. The van der Waals surface area contributed by atoms with Gasteiger partial charge in [0, 0.05) is 40.2 Å². The zero-order chi connectivity index (χ0) is 37.7. The van der Waals surface area contributed by atoms with Crippen LogP contribution in [0.15, 0.2) is 218 Å². The van der Waals surface area contributed by atoms with E-state index in [2.05, 4.69) is 228 Å². The maximum absolute atomic E-state index is 2.48. The van der Waals surface area contributed by atoms with Crippen molar-refractivity contribution in [3.63, 3.8) is 0 Å². The molecule has 0 fully saturated rings. The summed E-state index contributed by atoms with van der Waals surface area (Å²) in [5.74, 6) is 0. The Morgan fingerprint density at radius 1 is 0.316 bits per heavy atom. The zero-order valence-electron chi connectivity index (χ0n) is 31.4. The zero-order valence-corrected chi connectivity index (χ0v) is 31.4. The van der Waals surface area contributed by atoms with E-state index >= 15 is 0 Å². The van der Waals surface area contributed by atoms with Crippen molar-refractivity contribution in [3.05, 3.63) is 230 Å². The van der Waals surface area contributed by atoms with Gasteiger partial charge in [-0.05, 0) is 127 Å². The van der Waals surface area contributed by atoms with Crippen LogP contribution in [0.3, 0.4) is 0 Å². The van der Waals surface area contributed by atoms with Crippen LogP contribution in [-0.2, 0) is 6.42 Å². The largest absolute Gasteiger partial charge is 0.310 e. The van der Waals surface area contributed by atoms with Crippen LogP contribution in [0, 0.1) is 0 Å². The Morgan fingerprint density at radius 3 is 1.63 bits per heavy atom. The van der Waals surface area contributed by atoms with E-state index < -0.39 is 0 Å². The fourth-order valence-electron chi connectivity index (χ4n) is 8.86. The second kappa shape index (κ2) is 13.7. The Morgan fingerprint density at radius 2 is 0.860 bits per heavy atom. The molecule has 0 spiro atoms. The summed E-state index contributed by atoms with van der Waals surface area (Å²) < 4.78 is 0. The number of anilines is 6. The molecule has 11 rings (SSSR count). The molecular formula is C55H38N2. The topological polar surface area (TPSA) is 6.48 Å². The first-order chi connectivity index (χ1) is 28.2. The van der Waals surface area contributed by atoms with E-state index in [9.17, 15) is 0 Å². The molecule has 0 bridgehead atoms. The molecule has 1 heterocycles. The van der Waals surface area contributed by atoms with Gasteiger partial charge in [0.25, 0.3) is 0 Å². The number of hydrogen-bond donors (Lipinski definition) is 0. The molecule has 0 unspecified atom stereocenters. The maximum atomic E-state index is 2.48.